The van der Waals surface area contributed by atoms with Crippen LogP contribution in [0, 0.1) is 0 Å². The van der Waals surface area contributed by atoms with Crippen molar-refractivity contribution < 1.29 is 0 Å². The van der Waals surface area contributed by atoms with Gasteiger partial charge in [0.15, 0.2) is 0 Å². The summed E-state index contributed by atoms with van der Waals surface area (Å²) in [5.74, 6) is 0. The molecule has 0 atom stereocenters. The second kappa shape index (κ2) is 6.61. The van der Waals surface area contributed by atoms with Gasteiger partial charge < -0.3 is 5.32 Å². The molecular weight excluding hydrogens is 288 g/mol. The topological polar surface area (TPSA) is 24.9 Å². The van der Waals surface area contributed by atoms with Crippen LogP contribution in [-0.2, 0) is 6.54 Å². The predicted octanol–water partition coefficient (Wildman–Crippen LogP) is 4.77. The maximum atomic E-state index is 6.11. The lowest BCUT2D eigenvalue weighted by Gasteiger charge is -2.20. The molecule has 0 saturated carbocycles. The number of rotatable bonds is 4. The molecule has 2 rings (SSSR count). The van der Waals surface area contributed by atoms with E-state index >= 15 is 0 Å². The van der Waals surface area contributed by atoms with Crippen LogP contribution in [0.5, 0.6) is 0 Å². The summed E-state index contributed by atoms with van der Waals surface area (Å²) < 4.78 is 0. The molecule has 0 radical (unpaired) electrons. The van der Waals surface area contributed by atoms with Gasteiger partial charge in [-0.05, 0) is 50.6 Å². The second-order valence-electron chi connectivity index (χ2n) is 5.64. The van der Waals surface area contributed by atoms with Crippen LogP contribution < -0.4 is 5.32 Å². The van der Waals surface area contributed by atoms with E-state index in [9.17, 15) is 0 Å². The number of halogens is 1. The van der Waals surface area contributed by atoms with Crippen LogP contribution >= 0.6 is 23.4 Å². The third-order valence-electron chi connectivity index (χ3n) is 2.69. The average Bonchev–Trinajstić information content (AvgIpc) is 2.40. The number of hydrogen-bond donors (Lipinski definition) is 1. The van der Waals surface area contributed by atoms with Crippen LogP contribution in [-0.4, -0.2) is 10.5 Å². The molecular formula is C16H19ClN2S. The van der Waals surface area contributed by atoms with Crippen molar-refractivity contribution in [3.63, 3.8) is 0 Å². The minimum Gasteiger partial charge on any atom is -0.308 e. The maximum Gasteiger partial charge on any atom is 0.119 e. The van der Waals surface area contributed by atoms with E-state index in [2.05, 4.69) is 55.3 Å². The molecule has 106 valence electrons. The number of hydrogen-bond acceptors (Lipinski definition) is 3. The molecule has 2 aromatic rings. The van der Waals surface area contributed by atoms with E-state index in [1.54, 1.807) is 18.0 Å². The molecule has 1 heterocycles. The Kier molecular flexibility index (Phi) is 5.08. The van der Waals surface area contributed by atoms with E-state index in [-0.39, 0.29) is 5.54 Å². The Morgan fingerprint density at radius 2 is 1.85 bits per heavy atom. The Morgan fingerprint density at radius 1 is 1.15 bits per heavy atom. The standard InChI is InChI=1S/C16H19ClN2S/c1-16(2,3)19-11-12-6-8-13(9-7-12)20-15-14(17)5-4-10-18-15/h4-10,19H,11H2,1-3H3. The highest BCUT2D eigenvalue weighted by Gasteiger charge is 2.08. The summed E-state index contributed by atoms with van der Waals surface area (Å²) in [6.07, 6.45) is 1.76. The van der Waals surface area contributed by atoms with Gasteiger partial charge in [0.05, 0.1) is 5.02 Å². The largest absolute Gasteiger partial charge is 0.308 e. The zero-order valence-electron chi connectivity index (χ0n) is 12.0. The molecule has 0 bridgehead atoms. The quantitative estimate of drug-likeness (QED) is 0.880. The summed E-state index contributed by atoms with van der Waals surface area (Å²) >= 11 is 7.70. The Morgan fingerprint density at radius 3 is 2.45 bits per heavy atom. The van der Waals surface area contributed by atoms with Crippen LogP contribution in [0.2, 0.25) is 5.02 Å². The van der Waals surface area contributed by atoms with Crippen molar-refractivity contribution in [3.05, 3.63) is 53.2 Å². The monoisotopic (exact) mass is 306 g/mol. The van der Waals surface area contributed by atoms with E-state index in [0.29, 0.717) is 5.02 Å². The van der Waals surface area contributed by atoms with Crippen LogP contribution in [0.4, 0.5) is 0 Å². The van der Waals surface area contributed by atoms with Crippen molar-refractivity contribution in [1.82, 2.24) is 10.3 Å². The number of nitrogens with zero attached hydrogens (tertiary/aromatic N) is 1. The summed E-state index contributed by atoms with van der Waals surface area (Å²) in [4.78, 5) is 5.43. The van der Waals surface area contributed by atoms with Crippen molar-refractivity contribution in [1.29, 1.82) is 0 Å². The fourth-order valence-electron chi connectivity index (χ4n) is 1.60. The lowest BCUT2D eigenvalue weighted by Crippen LogP contribution is -2.35. The molecule has 0 fully saturated rings. The van der Waals surface area contributed by atoms with Crippen LogP contribution in [0.15, 0.2) is 52.5 Å². The fourth-order valence-corrected chi connectivity index (χ4v) is 2.61. The van der Waals surface area contributed by atoms with Gasteiger partial charge in [0.25, 0.3) is 0 Å². The van der Waals surface area contributed by atoms with E-state index < -0.39 is 0 Å². The van der Waals surface area contributed by atoms with Crippen molar-refractivity contribution in [2.75, 3.05) is 0 Å². The minimum absolute atomic E-state index is 0.134. The molecule has 4 heteroatoms. The zero-order valence-corrected chi connectivity index (χ0v) is 13.6. The van der Waals surface area contributed by atoms with Crippen molar-refractivity contribution in [2.45, 2.75) is 42.8 Å². The van der Waals surface area contributed by atoms with Gasteiger partial charge in [-0.3, -0.25) is 0 Å². The Labute approximate surface area is 130 Å². The molecule has 20 heavy (non-hydrogen) atoms. The second-order valence-corrected chi connectivity index (χ2v) is 7.11. The smallest absolute Gasteiger partial charge is 0.119 e. The Hall–Kier alpha value is -1.03. The minimum atomic E-state index is 0.134. The lowest BCUT2D eigenvalue weighted by atomic mass is 10.1. The van der Waals surface area contributed by atoms with Crippen molar-refractivity contribution >= 4 is 23.4 Å². The highest BCUT2D eigenvalue weighted by atomic mass is 35.5. The first-order valence-corrected chi connectivity index (χ1v) is 7.76. The molecule has 0 amide bonds. The van der Waals surface area contributed by atoms with E-state index in [1.165, 1.54) is 5.56 Å². The molecule has 0 saturated heterocycles. The summed E-state index contributed by atoms with van der Waals surface area (Å²) in [7, 11) is 0. The molecule has 1 N–H and O–H groups in total. The van der Waals surface area contributed by atoms with Crippen LogP contribution in [0.1, 0.15) is 26.3 Å². The average molecular weight is 307 g/mol. The van der Waals surface area contributed by atoms with Gasteiger partial charge in [-0.25, -0.2) is 4.98 Å². The van der Waals surface area contributed by atoms with Crippen molar-refractivity contribution in [2.24, 2.45) is 0 Å². The molecule has 1 aromatic carbocycles. The summed E-state index contributed by atoms with van der Waals surface area (Å²) in [6, 6.07) is 12.2. The molecule has 0 spiro atoms. The number of aromatic nitrogens is 1. The van der Waals surface area contributed by atoms with Gasteiger partial charge >= 0.3 is 0 Å². The number of benzene rings is 1. The Balaban J connectivity index is 2.00. The van der Waals surface area contributed by atoms with Gasteiger partial charge in [0.2, 0.25) is 0 Å². The Bertz CT molecular complexity index is 561. The third-order valence-corrected chi connectivity index (χ3v) is 4.13. The van der Waals surface area contributed by atoms with E-state index in [4.69, 9.17) is 11.6 Å². The highest BCUT2D eigenvalue weighted by molar-refractivity contribution is 7.99. The summed E-state index contributed by atoms with van der Waals surface area (Å²) in [6.45, 7) is 7.37. The first-order chi connectivity index (χ1) is 9.44. The highest BCUT2D eigenvalue weighted by Crippen LogP contribution is 2.31. The molecule has 0 aliphatic heterocycles. The predicted molar refractivity (Wildman–Crippen MR) is 86.4 cm³/mol. The lowest BCUT2D eigenvalue weighted by molar-refractivity contribution is 0.424. The number of nitrogens with one attached hydrogen (secondary N) is 1. The van der Waals surface area contributed by atoms with Crippen molar-refractivity contribution in [3.8, 4) is 0 Å². The third kappa shape index (κ3) is 4.82. The first-order valence-electron chi connectivity index (χ1n) is 6.56. The molecule has 2 nitrogen and oxygen atoms in total. The maximum absolute atomic E-state index is 6.11. The first kappa shape index (κ1) is 15.4. The van der Waals surface area contributed by atoms with Crippen LogP contribution in [0.3, 0.4) is 0 Å². The van der Waals surface area contributed by atoms with Crippen LogP contribution in [0.25, 0.3) is 0 Å². The molecule has 0 aliphatic carbocycles. The SMILES string of the molecule is CC(C)(C)NCc1ccc(Sc2ncccc2Cl)cc1. The van der Waals surface area contributed by atoms with Gasteiger partial charge in [-0.1, -0.05) is 35.5 Å². The fraction of sp³-hybridized carbons (Fsp3) is 0.312. The van der Waals surface area contributed by atoms with Gasteiger partial charge in [0.1, 0.15) is 5.03 Å². The normalized spacial score (nSPS) is 11.6. The number of pyridine rings is 1. The zero-order chi connectivity index (χ0) is 14.6. The van der Waals surface area contributed by atoms with E-state index in [1.807, 2.05) is 12.1 Å². The summed E-state index contributed by atoms with van der Waals surface area (Å²) in [5.41, 5.74) is 1.41. The van der Waals surface area contributed by atoms with Gasteiger partial charge in [-0.15, -0.1) is 0 Å². The van der Waals surface area contributed by atoms with Gasteiger partial charge in [0, 0.05) is 23.2 Å². The summed E-state index contributed by atoms with van der Waals surface area (Å²) in [5, 5.41) is 5.01. The van der Waals surface area contributed by atoms with E-state index in [0.717, 1.165) is 16.5 Å². The molecule has 0 aliphatic rings. The molecule has 0 unspecified atom stereocenters. The molecule has 1 aromatic heterocycles. The van der Waals surface area contributed by atoms with Gasteiger partial charge in [-0.2, -0.15) is 0 Å².